The molecule has 4 rings (SSSR count). The first-order valence-electron chi connectivity index (χ1n) is 15.2. The molecule has 236 valence electrons. The van der Waals surface area contributed by atoms with Crippen LogP contribution < -0.4 is 15.7 Å². The van der Waals surface area contributed by atoms with E-state index < -0.39 is 38.3 Å². The Bertz CT molecular complexity index is 1320. The van der Waals surface area contributed by atoms with Crippen molar-refractivity contribution in [1.82, 2.24) is 10.4 Å². The number of amides is 1. The molecule has 0 saturated carbocycles. The van der Waals surface area contributed by atoms with Crippen molar-refractivity contribution < 1.29 is 28.3 Å². The number of carbonyl (C=O) groups excluding carboxylic acids is 2. The Hall–Kier alpha value is -3.50. The third-order valence-electron chi connectivity index (χ3n) is 7.60. The average molecular weight is 619 g/mol. The second-order valence-electron chi connectivity index (χ2n) is 13.2. The smallest absolute Gasteiger partial charge is 0.408 e. The van der Waals surface area contributed by atoms with Gasteiger partial charge in [-0.25, -0.2) is 4.79 Å². The van der Waals surface area contributed by atoms with Crippen molar-refractivity contribution in [1.29, 1.82) is 0 Å². The Morgan fingerprint density at radius 2 is 1.41 bits per heavy atom. The van der Waals surface area contributed by atoms with Crippen LogP contribution in [0.5, 0.6) is 0 Å². The van der Waals surface area contributed by atoms with Gasteiger partial charge in [-0.15, -0.1) is 0 Å². The summed E-state index contributed by atoms with van der Waals surface area (Å²) < 4.78 is 18.5. The molecule has 1 aliphatic heterocycles. The fourth-order valence-corrected chi connectivity index (χ4v) is 10.4. The van der Waals surface area contributed by atoms with E-state index in [0.29, 0.717) is 13.0 Å². The number of nitrogens with zero attached hydrogens (tertiary/aromatic N) is 1. The summed E-state index contributed by atoms with van der Waals surface area (Å²) in [5.74, 6) is -0.435. The highest BCUT2D eigenvalue weighted by Gasteiger charge is 2.51. The molecule has 1 fully saturated rings. The molecule has 44 heavy (non-hydrogen) atoms. The van der Waals surface area contributed by atoms with Gasteiger partial charge in [-0.1, -0.05) is 112 Å². The van der Waals surface area contributed by atoms with E-state index in [2.05, 4.69) is 50.4 Å². The summed E-state index contributed by atoms with van der Waals surface area (Å²) in [6, 6.07) is 29.7. The van der Waals surface area contributed by atoms with Crippen molar-refractivity contribution in [2.45, 2.75) is 90.4 Å². The molecule has 8 nitrogen and oxygen atoms in total. The molecular weight excluding hydrogens is 572 g/mol. The van der Waals surface area contributed by atoms with Gasteiger partial charge in [0.25, 0.3) is 8.32 Å². The first-order valence-corrected chi connectivity index (χ1v) is 17.1. The van der Waals surface area contributed by atoms with E-state index in [-0.39, 0.29) is 17.7 Å². The van der Waals surface area contributed by atoms with Gasteiger partial charge < -0.3 is 19.2 Å². The fourth-order valence-electron chi connectivity index (χ4n) is 5.81. The van der Waals surface area contributed by atoms with Crippen LogP contribution >= 0.6 is 0 Å². The van der Waals surface area contributed by atoms with Crippen molar-refractivity contribution in [2.75, 3.05) is 6.61 Å². The molecule has 9 heteroatoms. The molecule has 1 saturated heterocycles. The van der Waals surface area contributed by atoms with Crippen LogP contribution in [0.4, 0.5) is 4.79 Å². The van der Waals surface area contributed by atoms with Gasteiger partial charge in [0.2, 0.25) is 6.29 Å². The maximum atomic E-state index is 13.3. The predicted molar refractivity (Wildman–Crippen MR) is 174 cm³/mol. The summed E-state index contributed by atoms with van der Waals surface area (Å²) in [7, 11) is -2.94. The highest BCUT2D eigenvalue weighted by atomic mass is 28.4. The van der Waals surface area contributed by atoms with Crippen LogP contribution in [0.2, 0.25) is 5.04 Å². The largest absolute Gasteiger partial charge is 0.444 e. The second kappa shape index (κ2) is 14.1. The average Bonchev–Trinajstić information content (AvgIpc) is 3.33. The number of hydrogen-bond acceptors (Lipinski definition) is 7. The fraction of sp³-hybridized carbons (Fsp3) is 0.429. The normalized spacial score (nSPS) is 18.4. The minimum absolute atomic E-state index is 0.179. The zero-order chi connectivity index (χ0) is 32.0. The molecule has 3 aromatic rings. The third kappa shape index (κ3) is 8.35. The lowest BCUT2D eigenvalue weighted by molar-refractivity contribution is -0.240. The Kier molecular flexibility index (Phi) is 10.7. The molecule has 0 spiro atoms. The van der Waals surface area contributed by atoms with E-state index >= 15 is 0 Å². The van der Waals surface area contributed by atoms with Crippen LogP contribution in [0.15, 0.2) is 91.0 Å². The molecule has 0 radical (unpaired) electrons. The molecule has 1 aliphatic rings. The Morgan fingerprint density at radius 1 is 0.886 bits per heavy atom. The molecule has 1 amide bonds. The molecule has 0 aliphatic carbocycles. The van der Waals surface area contributed by atoms with Gasteiger partial charge in [0.1, 0.15) is 5.60 Å². The van der Waals surface area contributed by atoms with E-state index in [1.165, 1.54) is 6.92 Å². The van der Waals surface area contributed by atoms with Crippen molar-refractivity contribution in [3.05, 3.63) is 96.6 Å². The van der Waals surface area contributed by atoms with Crippen molar-refractivity contribution in [3.63, 3.8) is 0 Å². The van der Waals surface area contributed by atoms with Gasteiger partial charge in [-0.3, -0.25) is 9.63 Å². The predicted octanol–water partition coefficient (Wildman–Crippen LogP) is 5.55. The molecular formula is C35H46N2O6Si. The lowest BCUT2D eigenvalue weighted by Crippen LogP contribution is -2.68. The number of rotatable bonds is 10. The molecule has 0 aromatic heterocycles. The Morgan fingerprint density at radius 3 is 1.89 bits per heavy atom. The van der Waals surface area contributed by atoms with Crippen LogP contribution in [0.3, 0.4) is 0 Å². The zero-order valence-corrected chi connectivity index (χ0v) is 27.9. The van der Waals surface area contributed by atoms with Crippen LogP contribution in [-0.4, -0.2) is 56.0 Å². The lowest BCUT2D eigenvalue weighted by Gasteiger charge is -2.44. The number of hydroxylamine groups is 2. The van der Waals surface area contributed by atoms with Gasteiger partial charge in [0.05, 0.1) is 18.7 Å². The molecule has 1 heterocycles. The number of benzene rings is 3. The molecule has 3 atom stereocenters. The van der Waals surface area contributed by atoms with Crippen molar-refractivity contribution >= 4 is 30.8 Å². The number of hydrogen-bond donors (Lipinski definition) is 1. The van der Waals surface area contributed by atoms with Crippen molar-refractivity contribution in [2.24, 2.45) is 0 Å². The van der Waals surface area contributed by atoms with Gasteiger partial charge in [-0.2, -0.15) is 5.06 Å². The van der Waals surface area contributed by atoms with Gasteiger partial charge in [0, 0.05) is 19.9 Å². The maximum Gasteiger partial charge on any atom is 0.408 e. The van der Waals surface area contributed by atoms with Crippen LogP contribution in [-0.2, 0) is 30.1 Å². The van der Waals surface area contributed by atoms with Crippen LogP contribution in [0.25, 0.3) is 0 Å². The Balaban J connectivity index is 1.75. The molecule has 3 aromatic carbocycles. The van der Waals surface area contributed by atoms with Crippen LogP contribution in [0, 0.1) is 0 Å². The van der Waals surface area contributed by atoms with E-state index in [9.17, 15) is 9.59 Å². The van der Waals surface area contributed by atoms with Gasteiger partial charge in [0.15, 0.2) is 0 Å². The summed E-state index contributed by atoms with van der Waals surface area (Å²) >= 11 is 0. The number of esters is 1. The van der Waals surface area contributed by atoms with E-state index in [0.717, 1.165) is 15.9 Å². The first kappa shape index (κ1) is 33.4. The SMILES string of the molecule is CC(=O)O[C@@H]1C[C@@H]([C@H](CO[Si](c2ccccc2)(c2ccccc2)C(C)(C)C)NC(=O)OC(C)(C)C)N(Cc2ccccc2)O1. The highest BCUT2D eigenvalue weighted by molar-refractivity contribution is 6.99. The number of alkyl carbamates (subject to hydrolysis) is 1. The Labute approximate surface area is 262 Å². The number of nitrogens with one attached hydrogen (secondary N) is 1. The van der Waals surface area contributed by atoms with Crippen molar-refractivity contribution in [3.8, 4) is 0 Å². The maximum absolute atomic E-state index is 13.3. The van der Waals surface area contributed by atoms with E-state index in [1.807, 2.05) is 87.5 Å². The topological polar surface area (TPSA) is 86.3 Å². The summed E-state index contributed by atoms with van der Waals surface area (Å²) in [4.78, 5) is 31.4. The first-order chi connectivity index (χ1) is 20.8. The molecule has 0 unspecified atom stereocenters. The summed E-state index contributed by atoms with van der Waals surface area (Å²) in [6.45, 7) is 14.1. The molecule has 0 bridgehead atoms. The van der Waals surface area contributed by atoms with Gasteiger partial charge >= 0.3 is 12.1 Å². The minimum atomic E-state index is -2.94. The van der Waals surface area contributed by atoms with Gasteiger partial charge in [-0.05, 0) is 41.7 Å². The standard InChI is InChI=1S/C35H46N2O6Si/c1-26(38)41-32-23-31(37(43-32)24-27-17-11-8-12-18-27)30(36-33(39)42-34(2,3)4)25-40-44(35(5,6)7,28-19-13-9-14-20-28)29-21-15-10-16-22-29/h8-22,30-32H,23-25H2,1-7H3,(H,36,39)/t30-,31-,32-/m0/s1. The van der Waals surface area contributed by atoms with E-state index in [1.54, 1.807) is 5.06 Å². The number of ether oxygens (including phenoxy) is 2. The van der Waals surface area contributed by atoms with E-state index in [4.69, 9.17) is 18.7 Å². The molecule has 1 N–H and O–H groups in total. The lowest BCUT2D eigenvalue weighted by atomic mass is 10.1. The summed E-state index contributed by atoms with van der Waals surface area (Å²) in [6.07, 6.45) is -1.00. The second-order valence-corrected chi connectivity index (χ2v) is 17.5. The minimum Gasteiger partial charge on any atom is -0.444 e. The monoisotopic (exact) mass is 618 g/mol. The summed E-state index contributed by atoms with van der Waals surface area (Å²) in [5, 5.41) is 6.91. The third-order valence-corrected chi connectivity index (χ3v) is 12.6. The quantitative estimate of drug-likeness (QED) is 0.236. The highest BCUT2D eigenvalue weighted by Crippen LogP contribution is 2.37. The number of carbonyl (C=O) groups is 2. The summed E-state index contributed by atoms with van der Waals surface area (Å²) in [5.41, 5.74) is 0.328. The zero-order valence-electron chi connectivity index (χ0n) is 26.9. The van der Waals surface area contributed by atoms with Crippen LogP contribution in [0.1, 0.15) is 60.5 Å².